The third kappa shape index (κ3) is 4.48. The molecule has 38 heavy (non-hydrogen) atoms. The Morgan fingerprint density at radius 1 is 0.974 bits per heavy atom. The van der Waals surface area contributed by atoms with Gasteiger partial charge in [0.25, 0.3) is 0 Å². The number of nitrogens with one attached hydrogen (secondary N) is 1. The van der Waals surface area contributed by atoms with Crippen molar-refractivity contribution in [3.63, 3.8) is 0 Å². The zero-order valence-corrected chi connectivity index (χ0v) is 22.2. The number of nitrogens with zero attached hydrogens (tertiary/aromatic N) is 6. The number of likely N-dealkylation sites (tertiary alicyclic amines) is 1. The minimum atomic E-state index is 0.459. The lowest BCUT2D eigenvalue weighted by Crippen LogP contribution is -2.29. The fraction of sp³-hybridized carbons (Fsp3) is 0.286. The Kier molecular flexibility index (Phi) is 6.47. The van der Waals surface area contributed by atoms with Gasteiger partial charge in [-0.1, -0.05) is 23.7 Å². The number of hydrogen-bond acceptors (Lipinski definition) is 8. The van der Waals surface area contributed by atoms with E-state index in [1.54, 1.807) is 32.8 Å². The molecule has 0 spiro atoms. The fourth-order valence-electron chi connectivity index (χ4n) is 5.07. The quantitative estimate of drug-likeness (QED) is 0.305. The summed E-state index contributed by atoms with van der Waals surface area (Å²) >= 11 is 6.69. The summed E-state index contributed by atoms with van der Waals surface area (Å²) in [4.78, 5) is 11.8. The van der Waals surface area contributed by atoms with Gasteiger partial charge >= 0.3 is 0 Å². The topological polar surface area (TPSA) is 89.7 Å². The van der Waals surface area contributed by atoms with Crippen LogP contribution in [0, 0.1) is 0 Å². The number of hydrogen-bond donors (Lipinski definition) is 1. The normalized spacial score (nSPS) is 14.7. The van der Waals surface area contributed by atoms with Gasteiger partial charge in [0.15, 0.2) is 11.3 Å². The molecule has 2 aromatic carbocycles. The van der Waals surface area contributed by atoms with E-state index >= 15 is 0 Å². The van der Waals surface area contributed by atoms with Gasteiger partial charge < -0.3 is 19.7 Å². The van der Waals surface area contributed by atoms with Crippen molar-refractivity contribution in [3.8, 4) is 22.6 Å². The number of benzene rings is 2. The summed E-state index contributed by atoms with van der Waals surface area (Å²) in [6.07, 6.45) is 5.81. The first-order valence-corrected chi connectivity index (χ1v) is 12.9. The van der Waals surface area contributed by atoms with Crippen LogP contribution < -0.4 is 14.8 Å². The molecule has 3 aromatic heterocycles. The van der Waals surface area contributed by atoms with E-state index in [0.29, 0.717) is 39.7 Å². The summed E-state index contributed by atoms with van der Waals surface area (Å²) in [7, 11) is 5.36. The Balaban J connectivity index is 1.33. The molecule has 5 aromatic rings. The van der Waals surface area contributed by atoms with E-state index in [4.69, 9.17) is 26.1 Å². The molecule has 9 nitrogen and oxygen atoms in total. The van der Waals surface area contributed by atoms with Crippen molar-refractivity contribution in [1.82, 2.24) is 29.5 Å². The second kappa shape index (κ2) is 10.1. The SMILES string of the molecule is COc1cc(OC)c(Cl)c(-c2cc3cnc(Nc4ccc(C5CCN(C)CC5)cc4)nc3n3cnnc23)c1. The van der Waals surface area contributed by atoms with Crippen LogP contribution in [0.3, 0.4) is 0 Å². The highest BCUT2D eigenvalue weighted by molar-refractivity contribution is 6.35. The number of piperidine rings is 1. The van der Waals surface area contributed by atoms with Gasteiger partial charge in [-0.2, -0.15) is 4.98 Å². The molecule has 10 heteroatoms. The van der Waals surface area contributed by atoms with Crippen molar-refractivity contribution in [2.24, 2.45) is 0 Å². The molecule has 0 aliphatic carbocycles. The summed E-state index contributed by atoms with van der Waals surface area (Å²) in [5.74, 6) is 2.24. The average molecular weight is 530 g/mol. The highest BCUT2D eigenvalue weighted by atomic mass is 35.5. The van der Waals surface area contributed by atoms with Crippen molar-refractivity contribution in [2.45, 2.75) is 18.8 Å². The zero-order valence-electron chi connectivity index (χ0n) is 21.5. The number of aromatic nitrogens is 5. The van der Waals surface area contributed by atoms with E-state index in [1.807, 2.05) is 16.5 Å². The van der Waals surface area contributed by atoms with Crippen LogP contribution in [0.5, 0.6) is 11.5 Å². The second-order valence-corrected chi connectivity index (χ2v) is 9.95. The summed E-state index contributed by atoms with van der Waals surface area (Å²) in [5.41, 5.74) is 5.10. The molecular weight excluding hydrogens is 502 g/mol. The van der Waals surface area contributed by atoms with E-state index < -0.39 is 0 Å². The van der Waals surface area contributed by atoms with E-state index in [0.717, 1.165) is 35.3 Å². The first kappa shape index (κ1) is 24.4. The Labute approximate surface area is 225 Å². The van der Waals surface area contributed by atoms with Gasteiger partial charge in [-0.3, -0.25) is 4.40 Å². The van der Waals surface area contributed by atoms with Crippen LogP contribution in [0.15, 0.2) is 55.0 Å². The Morgan fingerprint density at radius 3 is 2.50 bits per heavy atom. The number of ether oxygens (including phenoxy) is 2. The minimum Gasteiger partial charge on any atom is -0.497 e. The number of halogens is 1. The largest absolute Gasteiger partial charge is 0.497 e. The van der Waals surface area contributed by atoms with Crippen molar-refractivity contribution in [2.75, 3.05) is 39.7 Å². The maximum Gasteiger partial charge on any atom is 0.229 e. The van der Waals surface area contributed by atoms with E-state index in [2.05, 4.69) is 56.7 Å². The zero-order chi connectivity index (χ0) is 26.2. The molecule has 0 radical (unpaired) electrons. The van der Waals surface area contributed by atoms with Crippen LogP contribution in [0.1, 0.15) is 24.3 Å². The lowest BCUT2D eigenvalue weighted by atomic mass is 9.89. The maximum atomic E-state index is 6.69. The molecule has 1 aliphatic rings. The minimum absolute atomic E-state index is 0.459. The Hall–Kier alpha value is -3.95. The van der Waals surface area contributed by atoms with Crippen molar-refractivity contribution >= 4 is 39.9 Å². The Morgan fingerprint density at radius 2 is 1.76 bits per heavy atom. The predicted octanol–water partition coefficient (Wildman–Crippen LogP) is 5.56. The van der Waals surface area contributed by atoms with Gasteiger partial charge in [0.05, 0.1) is 19.2 Å². The molecule has 1 saturated heterocycles. The number of rotatable bonds is 6. The van der Waals surface area contributed by atoms with Crippen LogP contribution >= 0.6 is 11.6 Å². The second-order valence-electron chi connectivity index (χ2n) is 9.57. The van der Waals surface area contributed by atoms with Crippen molar-refractivity contribution < 1.29 is 9.47 Å². The monoisotopic (exact) mass is 529 g/mol. The fourth-order valence-corrected chi connectivity index (χ4v) is 5.36. The Bertz CT molecular complexity index is 1610. The van der Waals surface area contributed by atoms with Crippen LogP contribution in [0.4, 0.5) is 11.6 Å². The number of methoxy groups -OCH3 is 2. The molecular formula is C28H28ClN7O2. The lowest BCUT2D eigenvalue weighted by Gasteiger charge is -2.29. The number of fused-ring (bicyclic) bond motifs is 3. The number of pyridine rings is 1. The first-order chi connectivity index (χ1) is 18.5. The molecule has 0 atom stereocenters. The highest BCUT2D eigenvalue weighted by Crippen LogP contribution is 2.41. The molecule has 0 bridgehead atoms. The van der Waals surface area contributed by atoms with Crippen LogP contribution in [-0.4, -0.2) is 63.8 Å². The molecule has 0 amide bonds. The molecule has 0 saturated carbocycles. The highest BCUT2D eigenvalue weighted by Gasteiger charge is 2.20. The van der Waals surface area contributed by atoms with Crippen molar-refractivity contribution in [1.29, 1.82) is 0 Å². The smallest absolute Gasteiger partial charge is 0.229 e. The summed E-state index contributed by atoms with van der Waals surface area (Å²) in [6, 6.07) is 14.2. The maximum absolute atomic E-state index is 6.69. The van der Waals surface area contributed by atoms with E-state index in [9.17, 15) is 0 Å². The average Bonchev–Trinajstić information content (AvgIpc) is 3.44. The number of anilines is 2. The summed E-state index contributed by atoms with van der Waals surface area (Å²) < 4.78 is 12.8. The standard InChI is InChI=1S/C28H28ClN7O2/c1-35-10-8-18(9-11-35)17-4-6-20(7-5-17)32-28-30-15-19-12-23(27-34-31-16-36(27)26(19)33-28)22-13-21(37-2)14-24(38-3)25(22)29/h4-7,12-16,18H,8-11H2,1-3H3,(H,30,32,33). The third-order valence-electron chi connectivity index (χ3n) is 7.23. The van der Waals surface area contributed by atoms with Crippen LogP contribution in [0.25, 0.3) is 27.8 Å². The molecule has 1 N–H and O–H groups in total. The molecule has 6 rings (SSSR count). The summed E-state index contributed by atoms with van der Waals surface area (Å²) in [5, 5.41) is 13.1. The predicted molar refractivity (Wildman–Crippen MR) is 149 cm³/mol. The van der Waals surface area contributed by atoms with Crippen molar-refractivity contribution in [3.05, 3.63) is 65.6 Å². The van der Waals surface area contributed by atoms with E-state index in [-0.39, 0.29) is 0 Å². The molecule has 0 unspecified atom stereocenters. The molecule has 1 aliphatic heterocycles. The molecule has 4 heterocycles. The third-order valence-corrected chi connectivity index (χ3v) is 7.62. The van der Waals surface area contributed by atoms with Crippen LogP contribution in [0.2, 0.25) is 5.02 Å². The van der Waals surface area contributed by atoms with Gasteiger partial charge in [0.1, 0.15) is 17.8 Å². The van der Waals surface area contributed by atoms with Crippen LogP contribution in [-0.2, 0) is 0 Å². The van der Waals surface area contributed by atoms with Gasteiger partial charge in [0.2, 0.25) is 5.95 Å². The first-order valence-electron chi connectivity index (χ1n) is 12.5. The lowest BCUT2D eigenvalue weighted by molar-refractivity contribution is 0.255. The molecule has 1 fully saturated rings. The van der Waals surface area contributed by atoms with Gasteiger partial charge in [-0.05, 0) is 68.7 Å². The summed E-state index contributed by atoms with van der Waals surface area (Å²) in [6.45, 7) is 2.29. The van der Waals surface area contributed by atoms with Gasteiger partial charge in [-0.25, -0.2) is 4.98 Å². The van der Waals surface area contributed by atoms with E-state index in [1.165, 1.54) is 18.4 Å². The molecule has 194 valence electrons. The van der Waals surface area contributed by atoms with Gasteiger partial charge in [0, 0.05) is 34.5 Å². The van der Waals surface area contributed by atoms with Gasteiger partial charge in [-0.15, -0.1) is 10.2 Å².